The van der Waals surface area contributed by atoms with Gasteiger partial charge in [0.1, 0.15) is 5.75 Å². The van der Waals surface area contributed by atoms with Crippen molar-refractivity contribution in [2.45, 2.75) is 25.7 Å². The minimum absolute atomic E-state index is 0.144. The topological polar surface area (TPSA) is 36.3 Å². The van der Waals surface area contributed by atoms with E-state index in [1.807, 2.05) is 30.3 Å². The van der Waals surface area contributed by atoms with Gasteiger partial charge < -0.3 is 4.74 Å². The largest absolute Gasteiger partial charge is 0.573 e. The van der Waals surface area contributed by atoms with Gasteiger partial charge in [0.2, 0.25) is 0 Å². The van der Waals surface area contributed by atoms with Crippen molar-refractivity contribution in [3.05, 3.63) is 65.2 Å². The zero-order valence-electron chi connectivity index (χ0n) is 15.3. The predicted molar refractivity (Wildman–Crippen MR) is 98.4 cm³/mol. The van der Waals surface area contributed by atoms with Gasteiger partial charge in [-0.2, -0.15) is 5.26 Å². The minimum atomic E-state index is -4.65. The number of halogens is 3. The molecule has 2 aliphatic rings. The van der Waals surface area contributed by atoms with Crippen LogP contribution >= 0.6 is 0 Å². The lowest BCUT2D eigenvalue weighted by molar-refractivity contribution is -0.274. The monoisotopic (exact) mass is 386 g/mol. The van der Waals surface area contributed by atoms with E-state index in [2.05, 4.69) is 15.7 Å². The molecule has 0 aromatic heterocycles. The summed E-state index contributed by atoms with van der Waals surface area (Å²) in [5, 5.41) is 8.86. The Balaban J connectivity index is 1.23. The van der Waals surface area contributed by atoms with Gasteiger partial charge in [-0.05, 0) is 66.0 Å². The number of aryl methyl sites for hydroxylation is 1. The molecule has 0 spiro atoms. The third-order valence-electron chi connectivity index (χ3n) is 5.83. The average Bonchev–Trinajstić information content (AvgIpc) is 3.11. The van der Waals surface area contributed by atoms with E-state index in [4.69, 9.17) is 5.26 Å². The van der Waals surface area contributed by atoms with Crippen molar-refractivity contribution in [3.63, 3.8) is 0 Å². The minimum Gasteiger partial charge on any atom is -0.406 e. The van der Waals surface area contributed by atoms with E-state index >= 15 is 0 Å². The predicted octanol–water partition coefficient (Wildman–Crippen LogP) is 4.77. The SMILES string of the molecule is N#Cc1ccc(CN2CC3C(CCc4cccc(OC(F)(F)F)c4)C3C2)cc1. The Bertz CT molecular complexity index is 861. The number of benzene rings is 2. The van der Waals surface area contributed by atoms with Crippen molar-refractivity contribution < 1.29 is 17.9 Å². The van der Waals surface area contributed by atoms with Gasteiger partial charge in [0.05, 0.1) is 11.6 Å². The van der Waals surface area contributed by atoms with E-state index in [-0.39, 0.29) is 5.75 Å². The fourth-order valence-corrected chi connectivity index (χ4v) is 4.47. The summed E-state index contributed by atoms with van der Waals surface area (Å²) in [6.07, 6.45) is -2.86. The first kappa shape index (κ1) is 18.8. The molecular formula is C22H21F3N2O. The van der Waals surface area contributed by atoms with Crippen LogP contribution in [0.3, 0.4) is 0 Å². The van der Waals surface area contributed by atoms with Gasteiger partial charge in [-0.25, -0.2) is 0 Å². The lowest BCUT2D eigenvalue weighted by Gasteiger charge is -2.19. The van der Waals surface area contributed by atoms with E-state index in [1.165, 1.54) is 17.7 Å². The summed E-state index contributed by atoms with van der Waals surface area (Å²) in [4.78, 5) is 2.45. The third kappa shape index (κ3) is 4.48. The number of nitriles is 1. The number of alkyl halides is 3. The molecule has 6 heteroatoms. The van der Waals surface area contributed by atoms with Crippen LogP contribution in [0.15, 0.2) is 48.5 Å². The maximum Gasteiger partial charge on any atom is 0.573 e. The molecule has 4 rings (SSSR count). The highest BCUT2D eigenvalue weighted by atomic mass is 19.4. The number of ether oxygens (including phenoxy) is 1. The fourth-order valence-electron chi connectivity index (χ4n) is 4.47. The third-order valence-corrected chi connectivity index (χ3v) is 5.83. The Morgan fingerprint density at radius 2 is 1.75 bits per heavy atom. The second kappa shape index (κ2) is 7.48. The van der Waals surface area contributed by atoms with Crippen LogP contribution in [0.5, 0.6) is 5.75 Å². The first-order valence-corrected chi connectivity index (χ1v) is 9.47. The molecule has 2 unspecified atom stereocenters. The molecule has 1 heterocycles. The quantitative estimate of drug-likeness (QED) is 0.718. The van der Waals surface area contributed by atoms with E-state index in [0.717, 1.165) is 38.0 Å². The summed E-state index contributed by atoms with van der Waals surface area (Å²) in [7, 11) is 0. The van der Waals surface area contributed by atoms with Crippen LogP contribution < -0.4 is 4.74 Å². The molecule has 2 fully saturated rings. The normalized spacial score (nSPS) is 23.9. The van der Waals surface area contributed by atoms with Crippen molar-refractivity contribution in [3.8, 4) is 11.8 Å². The van der Waals surface area contributed by atoms with Crippen LogP contribution in [0.1, 0.15) is 23.1 Å². The van der Waals surface area contributed by atoms with Crippen molar-refractivity contribution in [2.75, 3.05) is 13.1 Å². The molecule has 0 bridgehead atoms. The number of piperidine rings is 1. The smallest absolute Gasteiger partial charge is 0.406 e. The van der Waals surface area contributed by atoms with Crippen LogP contribution in [0.4, 0.5) is 13.2 Å². The Morgan fingerprint density at radius 1 is 1.04 bits per heavy atom. The number of fused-ring (bicyclic) bond motifs is 1. The van der Waals surface area contributed by atoms with Crippen LogP contribution in [0.2, 0.25) is 0 Å². The number of nitrogens with zero attached hydrogens (tertiary/aromatic N) is 2. The molecule has 146 valence electrons. The van der Waals surface area contributed by atoms with E-state index in [9.17, 15) is 13.2 Å². The van der Waals surface area contributed by atoms with Gasteiger partial charge in [-0.15, -0.1) is 13.2 Å². The second-order valence-corrected chi connectivity index (χ2v) is 7.73. The van der Waals surface area contributed by atoms with E-state index in [0.29, 0.717) is 23.3 Å². The molecule has 28 heavy (non-hydrogen) atoms. The van der Waals surface area contributed by atoms with Crippen molar-refractivity contribution >= 4 is 0 Å². The highest BCUT2D eigenvalue weighted by Crippen LogP contribution is 2.54. The first-order chi connectivity index (χ1) is 13.4. The van der Waals surface area contributed by atoms with E-state index in [1.54, 1.807) is 6.07 Å². The van der Waals surface area contributed by atoms with Crippen LogP contribution in [-0.2, 0) is 13.0 Å². The summed E-state index contributed by atoms with van der Waals surface area (Å²) in [6, 6.07) is 16.2. The molecule has 1 aliphatic carbocycles. The molecule has 1 saturated heterocycles. The molecule has 1 saturated carbocycles. The molecule has 2 atom stereocenters. The Morgan fingerprint density at radius 3 is 2.39 bits per heavy atom. The first-order valence-electron chi connectivity index (χ1n) is 9.47. The summed E-state index contributed by atoms with van der Waals surface area (Å²) < 4.78 is 41.0. The average molecular weight is 386 g/mol. The van der Waals surface area contributed by atoms with Crippen molar-refractivity contribution in [1.29, 1.82) is 5.26 Å². The standard InChI is InChI=1S/C22H21F3N2O/c23-22(24,25)28-18-3-1-2-15(10-18)8-9-19-20-13-27(14-21(19)20)12-17-6-4-16(11-26)5-7-17/h1-7,10,19-21H,8-9,12-14H2. The van der Waals surface area contributed by atoms with Gasteiger partial charge in [-0.1, -0.05) is 24.3 Å². The fraction of sp³-hybridized carbons (Fsp3) is 0.409. The number of rotatable bonds is 6. The summed E-state index contributed by atoms with van der Waals surface area (Å²) >= 11 is 0. The number of likely N-dealkylation sites (tertiary alicyclic amines) is 1. The summed E-state index contributed by atoms with van der Waals surface area (Å²) in [5.41, 5.74) is 2.79. The molecule has 0 N–H and O–H groups in total. The van der Waals surface area contributed by atoms with Crippen LogP contribution in [0, 0.1) is 29.1 Å². The van der Waals surface area contributed by atoms with Gasteiger partial charge in [-0.3, -0.25) is 4.90 Å². The molecular weight excluding hydrogens is 365 g/mol. The molecule has 0 amide bonds. The molecule has 3 nitrogen and oxygen atoms in total. The van der Waals surface area contributed by atoms with Crippen LogP contribution in [0.25, 0.3) is 0 Å². The highest BCUT2D eigenvalue weighted by Gasteiger charge is 2.54. The highest BCUT2D eigenvalue weighted by molar-refractivity contribution is 5.32. The second-order valence-electron chi connectivity index (χ2n) is 7.73. The maximum absolute atomic E-state index is 12.3. The van der Waals surface area contributed by atoms with Gasteiger partial charge in [0, 0.05) is 19.6 Å². The Labute approximate surface area is 162 Å². The molecule has 2 aromatic carbocycles. The lowest BCUT2D eigenvalue weighted by atomic mass is 10.0. The van der Waals surface area contributed by atoms with Crippen LogP contribution in [-0.4, -0.2) is 24.4 Å². The number of hydrogen-bond acceptors (Lipinski definition) is 3. The zero-order chi connectivity index (χ0) is 19.7. The van der Waals surface area contributed by atoms with Crippen molar-refractivity contribution in [2.24, 2.45) is 17.8 Å². The molecule has 1 aliphatic heterocycles. The van der Waals surface area contributed by atoms with E-state index < -0.39 is 6.36 Å². The molecule has 2 aromatic rings. The van der Waals surface area contributed by atoms with Crippen molar-refractivity contribution in [1.82, 2.24) is 4.90 Å². The zero-order valence-corrected chi connectivity index (χ0v) is 15.3. The number of hydrogen-bond donors (Lipinski definition) is 0. The van der Waals surface area contributed by atoms with Gasteiger partial charge in [0.15, 0.2) is 0 Å². The van der Waals surface area contributed by atoms with Gasteiger partial charge >= 0.3 is 6.36 Å². The summed E-state index contributed by atoms with van der Waals surface area (Å²) in [5.74, 6) is 1.93. The van der Waals surface area contributed by atoms with Gasteiger partial charge in [0.25, 0.3) is 0 Å². The summed E-state index contributed by atoms with van der Waals surface area (Å²) in [6.45, 7) is 3.06. The Kier molecular flexibility index (Phi) is 5.03. The maximum atomic E-state index is 12.3. The molecule has 0 radical (unpaired) electrons. The Hall–Kier alpha value is -2.52. The lowest BCUT2D eigenvalue weighted by Crippen LogP contribution is -2.24.